The van der Waals surface area contributed by atoms with E-state index in [1.54, 1.807) is 7.11 Å². The zero-order chi connectivity index (χ0) is 12.8. The maximum absolute atomic E-state index is 9.78. The highest BCUT2D eigenvalue weighted by Gasteiger charge is 2.18. The first-order valence-electron chi connectivity index (χ1n) is 6.10. The van der Waals surface area contributed by atoms with Crippen LogP contribution in [0.1, 0.15) is 51.4 Å². The minimum atomic E-state index is -0.425. The maximum atomic E-state index is 9.78. The number of hydrogen-bond acceptors (Lipinski definition) is 5. The van der Waals surface area contributed by atoms with Gasteiger partial charge in [0.2, 0.25) is 11.7 Å². The third-order valence-electron chi connectivity index (χ3n) is 2.58. The van der Waals surface area contributed by atoms with Gasteiger partial charge < -0.3 is 14.4 Å². The van der Waals surface area contributed by atoms with Crippen LogP contribution in [0.4, 0.5) is 0 Å². The van der Waals surface area contributed by atoms with Crippen LogP contribution in [0.15, 0.2) is 4.52 Å². The molecule has 0 radical (unpaired) electrons. The van der Waals surface area contributed by atoms with Gasteiger partial charge in [0, 0.05) is 7.11 Å². The van der Waals surface area contributed by atoms with Gasteiger partial charge in [0.25, 0.3) is 0 Å². The second-order valence-corrected chi connectivity index (χ2v) is 4.67. The van der Waals surface area contributed by atoms with Crippen LogP contribution in [0.5, 0.6) is 0 Å². The lowest BCUT2D eigenvalue weighted by Gasteiger charge is -2.10. The molecule has 0 fully saturated rings. The lowest BCUT2D eigenvalue weighted by atomic mass is 10.0. The van der Waals surface area contributed by atoms with Crippen LogP contribution in [0.3, 0.4) is 0 Å². The van der Waals surface area contributed by atoms with E-state index in [0.29, 0.717) is 24.1 Å². The zero-order valence-corrected chi connectivity index (χ0v) is 11.0. The van der Waals surface area contributed by atoms with Gasteiger partial charge in [-0.3, -0.25) is 0 Å². The Hall–Kier alpha value is -0.940. The molecule has 2 unspecified atom stereocenters. The van der Waals surface area contributed by atoms with E-state index >= 15 is 0 Å². The Morgan fingerprint density at radius 3 is 2.65 bits per heavy atom. The molecule has 0 spiro atoms. The van der Waals surface area contributed by atoms with Gasteiger partial charge in [-0.25, -0.2) is 0 Å². The van der Waals surface area contributed by atoms with E-state index < -0.39 is 6.10 Å². The molecular weight excluding hydrogens is 220 g/mol. The average molecular weight is 242 g/mol. The summed E-state index contributed by atoms with van der Waals surface area (Å²) >= 11 is 0. The van der Waals surface area contributed by atoms with E-state index in [-0.39, 0.29) is 6.10 Å². The van der Waals surface area contributed by atoms with E-state index in [0.717, 1.165) is 12.8 Å². The molecule has 0 bridgehead atoms. The van der Waals surface area contributed by atoms with E-state index in [9.17, 15) is 5.11 Å². The van der Waals surface area contributed by atoms with Crippen LogP contribution in [-0.2, 0) is 11.2 Å². The highest BCUT2D eigenvalue weighted by atomic mass is 16.5. The summed E-state index contributed by atoms with van der Waals surface area (Å²) < 4.78 is 10.3. The third kappa shape index (κ3) is 4.44. The predicted octanol–water partition coefficient (Wildman–Crippen LogP) is 2.12. The van der Waals surface area contributed by atoms with Crippen molar-refractivity contribution < 1.29 is 14.4 Å². The van der Waals surface area contributed by atoms with Gasteiger partial charge >= 0.3 is 0 Å². The van der Waals surface area contributed by atoms with Crippen molar-refractivity contribution in [3.05, 3.63) is 11.7 Å². The quantitative estimate of drug-likeness (QED) is 0.793. The molecule has 1 aromatic heterocycles. The van der Waals surface area contributed by atoms with Gasteiger partial charge in [-0.15, -0.1) is 0 Å². The number of nitrogens with zero attached hydrogens (tertiary/aromatic N) is 2. The van der Waals surface area contributed by atoms with Gasteiger partial charge in [-0.05, 0) is 18.8 Å². The van der Waals surface area contributed by atoms with Gasteiger partial charge in [0.05, 0.1) is 12.5 Å². The predicted molar refractivity (Wildman–Crippen MR) is 63.5 cm³/mol. The molecule has 0 aliphatic rings. The van der Waals surface area contributed by atoms with Crippen molar-refractivity contribution in [3.8, 4) is 0 Å². The number of methoxy groups -OCH3 is 1. The molecule has 2 atom stereocenters. The van der Waals surface area contributed by atoms with Gasteiger partial charge in [0.15, 0.2) is 0 Å². The van der Waals surface area contributed by atoms with Crippen LogP contribution >= 0.6 is 0 Å². The van der Waals surface area contributed by atoms with Crippen molar-refractivity contribution in [2.75, 3.05) is 7.11 Å². The summed E-state index contributed by atoms with van der Waals surface area (Å²) in [6.07, 6.45) is 1.38. The van der Waals surface area contributed by atoms with E-state index in [2.05, 4.69) is 24.0 Å². The van der Waals surface area contributed by atoms with Gasteiger partial charge in [-0.1, -0.05) is 25.9 Å². The number of hydrogen-bond donors (Lipinski definition) is 1. The van der Waals surface area contributed by atoms with Gasteiger partial charge in [-0.2, -0.15) is 4.98 Å². The molecule has 5 heteroatoms. The first kappa shape index (κ1) is 14.1. The van der Waals surface area contributed by atoms with Crippen LogP contribution in [-0.4, -0.2) is 28.5 Å². The molecule has 0 amide bonds. The summed E-state index contributed by atoms with van der Waals surface area (Å²) in [5, 5.41) is 13.6. The minimum absolute atomic E-state index is 0.130. The van der Waals surface area contributed by atoms with Crippen molar-refractivity contribution in [2.45, 2.75) is 52.2 Å². The van der Waals surface area contributed by atoms with Crippen LogP contribution < -0.4 is 0 Å². The molecule has 0 aliphatic heterocycles. The van der Waals surface area contributed by atoms with Crippen molar-refractivity contribution in [1.82, 2.24) is 10.1 Å². The van der Waals surface area contributed by atoms with Crippen LogP contribution in [0.25, 0.3) is 0 Å². The lowest BCUT2D eigenvalue weighted by Crippen LogP contribution is -2.13. The zero-order valence-electron chi connectivity index (χ0n) is 11.0. The molecule has 0 saturated carbocycles. The average Bonchev–Trinajstić information content (AvgIpc) is 2.67. The minimum Gasteiger partial charge on any atom is -0.393 e. The van der Waals surface area contributed by atoms with Gasteiger partial charge in [0.1, 0.15) is 6.10 Å². The molecule has 5 nitrogen and oxygen atoms in total. The number of ether oxygens (including phenoxy) is 1. The summed E-state index contributed by atoms with van der Waals surface area (Å²) in [7, 11) is 1.62. The Kier molecular flexibility index (Phi) is 5.58. The van der Waals surface area contributed by atoms with Crippen molar-refractivity contribution >= 4 is 0 Å². The van der Waals surface area contributed by atoms with Crippen LogP contribution in [0, 0.1) is 5.92 Å². The summed E-state index contributed by atoms with van der Waals surface area (Å²) in [6.45, 7) is 6.14. The Morgan fingerprint density at radius 1 is 1.41 bits per heavy atom. The SMILES string of the molecule is CCC(OC)c1noc(CC(O)CC(C)C)n1. The summed E-state index contributed by atoms with van der Waals surface area (Å²) in [6, 6.07) is 0. The van der Waals surface area contributed by atoms with Crippen molar-refractivity contribution in [2.24, 2.45) is 5.92 Å². The Balaban J connectivity index is 2.56. The van der Waals surface area contributed by atoms with Crippen LogP contribution in [0.2, 0.25) is 0 Å². The monoisotopic (exact) mass is 242 g/mol. The highest BCUT2D eigenvalue weighted by Crippen LogP contribution is 2.17. The second-order valence-electron chi connectivity index (χ2n) is 4.67. The molecule has 0 saturated heterocycles. The number of rotatable bonds is 7. The summed E-state index contributed by atoms with van der Waals surface area (Å²) in [4.78, 5) is 4.24. The van der Waals surface area contributed by atoms with E-state index in [1.165, 1.54) is 0 Å². The lowest BCUT2D eigenvalue weighted by molar-refractivity contribution is 0.0903. The molecule has 17 heavy (non-hydrogen) atoms. The number of aromatic nitrogens is 2. The molecule has 0 aliphatic carbocycles. The molecular formula is C12H22N2O3. The molecule has 1 N–H and O–H groups in total. The topological polar surface area (TPSA) is 68.4 Å². The fraction of sp³-hybridized carbons (Fsp3) is 0.833. The fourth-order valence-corrected chi connectivity index (χ4v) is 1.77. The van der Waals surface area contributed by atoms with E-state index in [4.69, 9.17) is 9.26 Å². The Labute approximate surface area is 102 Å². The molecule has 1 aromatic rings. The molecule has 1 rings (SSSR count). The highest BCUT2D eigenvalue weighted by molar-refractivity contribution is 4.92. The Morgan fingerprint density at radius 2 is 2.12 bits per heavy atom. The van der Waals surface area contributed by atoms with Crippen molar-refractivity contribution in [3.63, 3.8) is 0 Å². The largest absolute Gasteiger partial charge is 0.393 e. The first-order valence-corrected chi connectivity index (χ1v) is 6.10. The van der Waals surface area contributed by atoms with Crippen molar-refractivity contribution in [1.29, 1.82) is 0 Å². The second kappa shape index (κ2) is 6.71. The molecule has 1 heterocycles. The third-order valence-corrected chi connectivity index (χ3v) is 2.58. The maximum Gasteiger partial charge on any atom is 0.229 e. The Bertz CT molecular complexity index is 321. The summed E-state index contributed by atoms with van der Waals surface area (Å²) in [5.74, 6) is 1.49. The molecule has 98 valence electrons. The fourth-order valence-electron chi connectivity index (χ4n) is 1.77. The van der Waals surface area contributed by atoms with E-state index in [1.807, 2.05) is 6.92 Å². The smallest absolute Gasteiger partial charge is 0.229 e. The number of aliphatic hydroxyl groups excluding tert-OH is 1. The summed E-state index contributed by atoms with van der Waals surface area (Å²) in [5.41, 5.74) is 0. The first-order chi connectivity index (χ1) is 8.06. The normalized spacial score (nSPS) is 15.2. The number of aliphatic hydroxyl groups is 1. The standard InChI is InChI=1S/C12H22N2O3/c1-5-10(16-4)12-13-11(17-14-12)7-9(15)6-8(2)3/h8-10,15H,5-7H2,1-4H3. The molecule has 0 aromatic carbocycles.